The Balaban J connectivity index is 1.58. The molecule has 0 unspecified atom stereocenters. The van der Waals surface area contributed by atoms with Crippen molar-refractivity contribution in [3.05, 3.63) is 98.9 Å². The molecule has 3 N–H and O–H groups in total. The lowest BCUT2D eigenvalue weighted by Crippen LogP contribution is -2.13. The minimum atomic E-state index is -0.354. The number of nitrogens with one attached hydrogen (secondary N) is 3. The van der Waals surface area contributed by atoms with E-state index >= 15 is 0 Å². The SMILES string of the molecule is CCOc1ccc(Nc2c(C#N)cnc3c(Cl)cc(N[C@@H](c4ccc(Cl)cc4)c4c[nH]nn4)cc23)cc1Cl. The predicted molar refractivity (Wildman–Crippen MR) is 151 cm³/mol. The molecule has 0 aliphatic heterocycles. The van der Waals surface area contributed by atoms with Crippen molar-refractivity contribution in [1.29, 1.82) is 5.26 Å². The first-order valence-corrected chi connectivity index (χ1v) is 12.7. The summed E-state index contributed by atoms with van der Waals surface area (Å²) in [5, 5.41) is 29.6. The monoisotopic (exact) mass is 563 g/mol. The van der Waals surface area contributed by atoms with Crippen LogP contribution in [-0.2, 0) is 0 Å². The molecule has 5 aromatic rings. The molecule has 8 nitrogen and oxygen atoms in total. The van der Waals surface area contributed by atoms with E-state index in [1.165, 1.54) is 6.20 Å². The molecule has 0 radical (unpaired) electrons. The molecule has 0 aliphatic rings. The van der Waals surface area contributed by atoms with Crippen LogP contribution < -0.4 is 15.4 Å². The summed E-state index contributed by atoms with van der Waals surface area (Å²) in [5.41, 5.74) is 4.41. The molecule has 0 saturated carbocycles. The lowest BCUT2D eigenvalue weighted by atomic mass is 10.0. The zero-order chi connectivity index (χ0) is 26.6. The fraction of sp³-hybridized carbons (Fsp3) is 0.111. The van der Waals surface area contributed by atoms with Crippen LogP contribution in [0.2, 0.25) is 15.1 Å². The summed E-state index contributed by atoms with van der Waals surface area (Å²) in [6.07, 6.45) is 3.21. The van der Waals surface area contributed by atoms with Gasteiger partial charge >= 0.3 is 0 Å². The standard InChI is InChI=1S/C27H20Cl3N7O/c1-2-38-24-8-7-18(10-21(24)29)34-25-16(12-31)13-32-27-20(25)9-19(11-22(27)30)35-26(23-14-33-37-36-23)15-3-5-17(28)6-4-15/h3-11,13-14,26,35H,2H2,1H3,(H,32,34)(H,33,36,37)/t26-/m0/s1. The number of aromatic nitrogens is 4. The van der Waals surface area contributed by atoms with E-state index in [1.807, 2.05) is 43.3 Å². The molecule has 0 saturated heterocycles. The third-order valence-electron chi connectivity index (χ3n) is 5.79. The van der Waals surface area contributed by atoms with Gasteiger partial charge in [0.05, 0.1) is 39.5 Å². The number of anilines is 3. The average molecular weight is 565 g/mol. The minimum Gasteiger partial charge on any atom is -0.492 e. The number of H-pyrrole nitrogens is 1. The van der Waals surface area contributed by atoms with E-state index in [9.17, 15) is 5.26 Å². The van der Waals surface area contributed by atoms with Crippen LogP contribution in [0.4, 0.5) is 17.1 Å². The van der Waals surface area contributed by atoms with Gasteiger partial charge in [-0.2, -0.15) is 5.26 Å². The zero-order valence-corrected chi connectivity index (χ0v) is 22.2. The van der Waals surface area contributed by atoms with Crippen LogP contribution in [0.3, 0.4) is 0 Å². The first-order valence-electron chi connectivity index (χ1n) is 11.6. The van der Waals surface area contributed by atoms with Gasteiger partial charge in [-0.15, -0.1) is 5.10 Å². The summed E-state index contributed by atoms with van der Waals surface area (Å²) in [5.74, 6) is 0.579. The van der Waals surface area contributed by atoms with E-state index in [4.69, 9.17) is 39.5 Å². The molecule has 0 amide bonds. The summed E-state index contributed by atoms with van der Waals surface area (Å²) in [4.78, 5) is 4.44. The number of halogens is 3. The molecule has 1 atom stereocenters. The number of benzene rings is 3. The van der Waals surface area contributed by atoms with E-state index in [0.717, 1.165) is 5.56 Å². The maximum Gasteiger partial charge on any atom is 0.138 e. The van der Waals surface area contributed by atoms with E-state index in [-0.39, 0.29) is 6.04 Å². The van der Waals surface area contributed by atoms with Crippen molar-refractivity contribution in [2.75, 3.05) is 17.2 Å². The number of ether oxygens (including phenoxy) is 1. The number of fused-ring (bicyclic) bond motifs is 1. The van der Waals surface area contributed by atoms with Gasteiger partial charge in [-0.05, 0) is 55.0 Å². The third kappa shape index (κ3) is 5.31. The number of hydrogen-bond acceptors (Lipinski definition) is 7. The summed E-state index contributed by atoms with van der Waals surface area (Å²) < 4.78 is 5.53. The Labute approximate surface area is 233 Å². The minimum absolute atomic E-state index is 0.349. The lowest BCUT2D eigenvalue weighted by Gasteiger charge is -2.20. The fourth-order valence-electron chi connectivity index (χ4n) is 4.06. The average Bonchev–Trinajstić information content (AvgIpc) is 3.45. The quantitative estimate of drug-likeness (QED) is 0.179. The molecule has 0 fully saturated rings. The van der Waals surface area contributed by atoms with Gasteiger partial charge in [0.2, 0.25) is 0 Å². The maximum absolute atomic E-state index is 9.85. The van der Waals surface area contributed by atoms with Gasteiger partial charge in [0, 0.05) is 34.2 Å². The highest BCUT2D eigenvalue weighted by Gasteiger charge is 2.19. The molecule has 3 aromatic carbocycles. The first-order chi connectivity index (χ1) is 18.5. The van der Waals surface area contributed by atoms with Crippen LogP contribution in [0.1, 0.15) is 29.8 Å². The number of pyridine rings is 1. The Bertz CT molecular complexity index is 1630. The summed E-state index contributed by atoms with van der Waals surface area (Å²) in [6.45, 7) is 2.39. The van der Waals surface area contributed by atoms with Crippen LogP contribution >= 0.6 is 34.8 Å². The second kappa shape index (κ2) is 11.2. The second-order valence-electron chi connectivity index (χ2n) is 8.24. The molecule has 0 bridgehead atoms. The normalized spacial score (nSPS) is 11.7. The smallest absolute Gasteiger partial charge is 0.138 e. The van der Waals surface area contributed by atoms with Crippen molar-refractivity contribution in [2.24, 2.45) is 0 Å². The fourth-order valence-corrected chi connectivity index (χ4v) is 4.69. The Hall–Kier alpha value is -4.03. The molecular formula is C27H20Cl3N7O. The number of hydrogen-bond donors (Lipinski definition) is 3. The molecule has 2 aromatic heterocycles. The van der Waals surface area contributed by atoms with E-state index in [2.05, 4.69) is 37.1 Å². The van der Waals surface area contributed by atoms with Gasteiger partial charge in [0.1, 0.15) is 17.5 Å². The van der Waals surface area contributed by atoms with Gasteiger partial charge in [0.15, 0.2) is 0 Å². The number of nitrogens with zero attached hydrogens (tertiary/aromatic N) is 4. The van der Waals surface area contributed by atoms with Gasteiger partial charge in [-0.25, -0.2) is 0 Å². The molecule has 38 heavy (non-hydrogen) atoms. The highest BCUT2D eigenvalue weighted by molar-refractivity contribution is 6.36. The highest BCUT2D eigenvalue weighted by atomic mass is 35.5. The van der Waals surface area contributed by atoms with Crippen LogP contribution in [0.15, 0.2) is 67.0 Å². The maximum atomic E-state index is 9.85. The van der Waals surface area contributed by atoms with Gasteiger partial charge in [0.25, 0.3) is 0 Å². The van der Waals surface area contributed by atoms with E-state index in [1.54, 1.807) is 24.4 Å². The summed E-state index contributed by atoms with van der Waals surface area (Å²) in [6, 6.07) is 18.3. The van der Waals surface area contributed by atoms with Gasteiger partial charge in [-0.1, -0.05) is 52.1 Å². The topological polar surface area (TPSA) is 112 Å². The first kappa shape index (κ1) is 25.6. The van der Waals surface area contributed by atoms with Crippen LogP contribution in [0, 0.1) is 11.3 Å². The Morgan fingerprint density at radius 2 is 1.82 bits per heavy atom. The summed E-state index contributed by atoms with van der Waals surface area (Å²) in [7, 11) is 0. The molecular weight excluding hydrogens is 545 g/mol. The second-order valence-corrected chi connectivity index (χ2v) is 9.49. The largest absolute Gasteiger partial charge is 0.492 e. The Morgan fingerprint density at radius 1 is 1.03 bits per heavy atom. The predicted octanol–water partition coefficient (Wildman–Crippen LogP) is 7.53. The molecule has 11 heteroatoms. The van der Waals surface area contributed by atoms with Gasteiger partial charge < -0.3 is 15.4 Å². The van der Waals surface area contributed by atoms with Crippen molar-refractivity contribution < 1.29 is 4.74 Å². The van der Waals surface area contributed by atoms with Crippen LogP contribution in [0.5, 0.6) is 5.75 Å². The number of aromatic amines is 1. The molecule has 190 valence electrons. The van der Waals surface area contributed by atoms with Crippen molar-refractivity contribution in [1.82, 2.24) is 20.4 Å². The number of nitriles is 1. The van der Waals surface area contributed by atoms with Crippen LogP contribution in [0.25, 0.3) is 10.9 Å². The zero-order valence-electron chi connectivity index (χ0n) is 20.0. The van der Waals surface area contributed by atoms with E-state index in [0.29, 0.717) is 66.6 Å². The Kier molecular flexibility index (Phi) is 7.52. The molecule has 2 heterocycles. The summed E-state index contributed by atoms with van der Waals surface area (Å²) >= 11 is 19.2. The van der Waals surface area contributed by atoms with Crippen molar-refractivity contribution in [3.8, 4) is 11.8 Å². The van der Waals surface area contributed by atoms with Crippen molar-refractivity contribution in [2.45, 2.75) is 13.0 Å². The van der Waals surface area contributed by atoms with Crippen LogP contribution in [-0.4, -0.2) is 27.0 Å². The third-order valence-corrected chi connectivity index (χ3v) is 6.63. The van der Waals surface area contributed by atoms with Crippen molar-refractivity contribution >= 4 is 62.8 Å². The van der Waals surface area contributed by atoms with Gasteiger partial charge in [-0.3, -0.25) is 10.1 Å². The molecule has 0 spiro atoms. The Morgan fingerprint density at radius 3 is 2.50 bits per heavy atom. The lowest BCUT2D eigenvalue weighted by molar-refractivity contribution is 0.340. The molecule has 5 rings (SSSR count). The number of rotatable bonds is 8. The molecule has 0 aliphatic carbocycles. The van der Waals surface area contributed by atoms with E-state index < -0.39 is 0 Å². The highest BCUT2D eigenvalue weighted by Crippen LogP contribution is 2.37. The van der Waals surface area contributed by atoms with Crippen molar-refractivity contribution in [3.63, 3.8) is 0 Å².